The largest absolute Gasteiger partial charge is 0.419 e. The summed E-state index contributed by atoms with van der Waals surface area (Å²) >= 11 is 0. The van der Waals surface area contributed by atoms with Gasteiger partial charge in [-0.2, -0.15) is 13.2 Å². The van der Waals surface area contributed by atoms with Crippen molar-refractivity contribution in [1.29, 1.82) is 0 Å². The Hall–Kier alpha value is -2.08. The van der Waals surface area contributed by atoms with Gasteiger partial charge in [0.1, 0.15) is 5.82 Å². The van der Waals surface area contributed by atoms with E-state index in [0.29, 0.717) is 11.3 Å². The fraction of sp³-hybridized carbons (Fsp3) is 0.200. The Kier molecular flexibility index (Phi) is 4.47. The van der Waals surface area contributed by atoms with Crippen LogP contribution in [0.4, 0.5) is 23.2 Å². The molecule has 2 aromatic rings. The smallest absolute Gasteiger partial charge is 0.392 e. The van der Waals surface area contributed by atoms with E-state index in [0.717, 1.165) is 17.7 Å². The van der Waals surface area contributed by atoms with Gasteiger partial charge in [-0.1, -0.05) is 18.2 Å². The number of rotatable bonds is 4. The van der Waals surface area contributed by atoms with Gasteiger partial charge in [-0.25, -0.2) is 4.39 Å². The number of nitrogens with one attached hydrogen (secondary N) is 1. The molecular weight excluding hydrogens is 286 g/mol. The molecule has 0 saturated carbocycles. The molecule has 0 radical (unpaired) electrons. The lowest BCUT2D eigenvalue weighted by molar-refractivity contribution is -0.140. The molecule has 0 amide bonds. The number of alkyl halides is 3. The molecule has 21 heavy (non-hydrogen) atoms. The van der Waals surface area contributed by atoms with Crippen LogP contribution in [0.5, 0.6) is 0 Å². The zero-order valence-electron chi connectivity index (χ0n) is 10.9. The molecule has 2 aromatic carbocycles. The highest BCUT2D eigenvalue weighted by Gasteiger charge is 2.34. The summed E-state index contributed by atoms with van der Waals surface area (Å²) in [5, 5.41) is 11.8. The third-order valence-corrected chi connectivity index (χ3v) is 2.97. The molecular formula is C15H13F4NO. The molecule has 6 heteroatoms. The monoisotopic (exact) mass is 299 g/mol. The highest BCUT2D eigenvalue weighted by atomic mass is 19.4. The molecule has 112 valence electrons. The van der Waals surface area contributed by atoms with Crippen molar-refractivity contribution in [3.63, 3.8) is 0 Å². The first kappa shape index (κ1) is 15.3. The van der Waals surface area contributed by atoms with Crippen molar-refractivity contribution < 1.29 is 22.7 Å². The van der Waals surface area contributed by atoms with E-state index < -0.39 is 17.6 Å². The van der Waals surface area contributed by atoms with Gasteiger partial charge in [0.2, 0.25) is 0 Å². The summed E-state index contributed by atoms with van der Waals surface area (Å²) < 4.78 is 50.9. The summed E-state index contributed by atoms with van der Waals surface area (Å²) in [5.74, 6) is -1.28. The predicted molar refractivity (Wildman–Crippen MR) is 71.1 cm³/mol. The average molecular weight is 299 g/mol. The van der Waals surface area contributed by atoms with Gasteiger partial charge in [-0.3, -0.25) is 0 Å². The number of benzene rings is 2. The lowest BCUT2D eigenvalue weighted by Gasteiger charge is -2.11. The molecule has 2 N–H and O–H groups in total. The van der Waals surface area contributed by atoms with Crippen LogP contribution >= 0.6 is 0 Å². The third kappa shape index (κ3) is 3.95. The second-order valence-electron chi connectivity index (χ2n) is 4.52. The van der Waals surface area contributed by atoms with Crippen molar-refractivity contribution >= 4 is 5.69 Å². The quantitative estimate of drug-likeness (QED) is 0.838. The van der Waals surface area contributed by atoms with Crippen molar-refractivity contribution in [1.82, 2.24) is 0 Å². The third-order valence-electron chi connectivity index (χ3n) is 2.97. The van der Waals surface area contributed by atoms with E-state index >= 15 is 0 Å². The second-order valence-corrected chi connectivity index (χ2v) is 4.52. The lowest BCUT2D eigenvalue weighted by Crippen LogP contribution is -2.10. The maximum absolute atomic E-state index is 13.1. The molecule has 0 aliphatic heterocycles. The number of anilines is 1. The van der Waals surface area contributed by atoms with Gasteiger partial charge < -0.3 is 10.4 Å². The number of aliphatic hydroxyl groups is 1. The van der Waals surface area contributed by atoms with E-state index in [2.05, 4.69) is 5.32 Å². The van der Waals surface area contributed by atoms with Crippen molar-refractivity contribution in [2.24, 2.45) is 0 Å². The summed E-state index contributed by atoms with van der Waals surface area (Å²) in [6, 6.07) is 9.74. The highest BCUT2D eigenvalue weighted by molar-refractivity contribution is 5.45. The molecule has 0 bridgehead atoms. The molecule has 0 heterocycles. The van der Waals surface area contributed by atoms with E-state index in [1.54, 1.807) is 24.3 Å². The van der Waals surface area contributed by atoms with Crippen molar-refractivity contribution in [3.8, 4) is 0 Å². The van der Waals surface area contributed by atoms with Crippen LogP contribution in [-0.4, -0.2) is 5.11 Å². The number of hydrogen-bond acceptors (Lipinski definition) is 2. The summed E-state index contributed by atoms with van der Waals surface area (Å²) in [5.41, 5.74) is 0.499. The highest BCUT2D eigenvalue weighted by Crippen LogP contribution is 2.32. The van der Waals surface area contributed by atoms with Gasteiger partial charge in [-0.05, 0) is 35.4 Å². The maximum atomic E-state index is 13.1. The summed E-state index contributed by atoms with van der Waals surface area (Å²) in [6.07, 6.45) is -4.71. The van der Waals surface area contributed by atoms with Gasteiger partial charge in [0.15, 0.2) is 0 Å². The second kappa shape index (κ2) is 6.13. The van der Waals surface area contributed by atoms with E-state index in [-0.39, 0.29) is 13.2 Å². The van der Waals surface area contributed by atoms with Gasteiger partial charge in [0.25, 0.3) is 0 Å². The van der Waals surface area contributed by atoms with Crippen LogP contribution in [0.1, 0.15) is 16.7 Å². The molecule has 0 saturated heterocycles. The predicted octanol–water partition coefficient (Wildman–Crippen LogP) is 3.95. The zero-order valence-corrected chi connectivity index (χ0v) is 10.9. The van der Waals surface area contributed by atoms with Gasteiger partial charge >= 0.3 is 6.18 Å². The molecule has 0 aromatic heterocycles. The van der Waals surface area contributed by atoms with Crippen LogP contribution in [0.3, 0.4) is 0 Å². The molecule has 0 aliphatic rings. The summed E-state index contributed by atoms with van der Waals surface area (Å²) in [7, 11) is 0. The molecule has 2 rings (SSSR count). The van der Waals surface area contributed by atoms with E-state index in [1.165, 1.54) is 6.07 Å². The molecule has 0 fully saturated rings. The van der Waals surface area contributed by atoms with Crippen LogP contribution in [0, 0.1) is 5.82 Å². The van der Waals surface area contributed by atoms with Crippen LogP contribution in [0.15, 0.2) is 42.5 Å². The molecule has 0 unspecified atom stereocenters. The van der Waals surface area contributed by atoms with Crippen LogP contribution in [0.25, 0.3) is 0 Å². The Bertz CT molecular complexity index is 608. The minimum atomic E-state index is -4.71. The Morgan fingerprint density at radius 1 is 0.952 bits per heavy atom. The first-order chi connectivity index (χ1) is 9.90. The topological polar surface area (TPSA) is 32.3 Å². The fourth-order valence-electron chi connectivity index (χ4n) is 1.83. The molecule has 0 atom stereocenters. The standard InChI is InChI=1S/C15H13F4NO/c16-14-6-3-11(7-13(14)15(17,18)19)8-20-12-4-1-10(9-21)2-5-12/h1-7,20-21H,8-9H2. The Balaban J connectivity index is 2.09. The lowest BCUT2D eigenvalue weighted by atomic mass is 10.1. The van der Waals surface area contributed by atoms with Gasteiger partial charge in [-0.15, -0.1) is 0 Å². The Morgan fingerprint density at radius 3 is 2.14 bits per heavy atom. The SMILES string of the molecule is OCc1ccc(NCc2ccc(F)c(C(F)(F)F)c2)cc1. The minimum Gasteiger partial charge on any atom is -0.392 e. The van der Waals surface area contributed by atoms with Crippen LogP contribution in [0.2, 0.25) is 0 Å². The number of halogens is 4. The summed E-state index contributed by atoms with van der Waals surface area (Å²) in [4.78, 5) is 0. The Morgan fingerprint density at radius 2 is 1.57 bits per heavy atom. The molecule has 2 nitrogen and oxygen atoms in total. The number of hydrogen-bond donors (Lipinski definition) is 2. The van der Waals surface area contributed by atoms with Crippen molar-refractivity contribution in [3.05, 3.63) is 65.0 Å². The normalized spacial score (nSPS) is 11.5. The zero-order chi connectivity index (χ0) is 15.5. The van der Waals surface area contributed by atoms with Gasteiger partial charge in [0.05, 0.1) is 12.2 Å². The molecule has 0 aliphatic carbocycles. The average Bonchev–Trinajstić information content (AvgIpc) is 2.45. The van der Waals surface area contributed by atoms with E-state index in [4.69, 9.17) is 5.11 Å². The molecule has 0 spiro atoms. The van der Waals surface area contributed by atoms with Gasteiger partial charge in [0, 0.05) is 12.2 Å². The van der Waals surface area contributed by atoms with E-state index in [1.807, 2.05) is 0 Å². The Labute approximate surface area is 119 Å². The first-order valence-corrected chi connectivity index (χ1v) is 6.19. The van der Waals surface area contributed by atoms with Crippen molar-refractivity contribution in [2.75, 3.05) is 5.32 Å². The fourth-order valence-corrected chi connectivity index (χ4v) is 1.83. The van der Waals surface area contributed by atoms with Crippen LogP contribution < -0.4 is 5.32 Å². The first-order valence-electron chi connectivity index (χ1n) is 6.19. The van der Waals surface area contributed by atoms with Crippen LogP contribution in [-0.2, 0) is 19.3 Å². The van der Waals surface area contributed by atoms with E-state index in [9.17, 15) is 17.6 Å². The number of aliphatic hydroxyl groups excluding tert-OH is 1. The summed E-state index contributed by atoms with van der Waals surface area (Å²) in [6.45, 7) is 0.0645. The van der Waals surface area contributed by atoms with Crippen molar-refractivity contribution in [2.45, 2.75) is 19.3 Å². The maximum Gasteiger partial charge on any atom is 0.419 e. The minimum absolute atomic E-state index is 0.0762.